The summed E-state index contributed by atoms with van der Waals surface area (Å²) in [6.45, 7) is 0. The maximum absolute atomic E-state index is 10.3. The van der Waals surface area contributed by atoms with E-state index in [1.807, 2.05) is 0 Å². The summed E-state index contributed by atoms with van der Waals surface area (Å²) in [6.07, 6.45) is 5.26. The largest absolute Gasteiger partial charge is 0.393 e. The van der Waals surface area contributed by atoms with Crippen molar-refractivity contribution in [3.05, 3.63) is 0 Å². The van der Waals surface area contributed by atoms with E-state index in [2.05, 4.69) is 0 Å². The third-order valence-electron chi connectivity index (χ3n) is 2.60. The van der Waals surface area contributed by atoms with Crippen molar-refractivity contribution in [2.75, 3.05) is 0 Å². The van der Waals surface area contributed by atoms with Crippen molar-refractivity contribution in [2.24, 2.45) is 11.7 Å². The van der Waals surface area contributed by atoms with Gasteiger partial charge in [-0.25, -0.2) is 0 Å². The Hall–Kier alpha value is -0.410. The quantitative estimate of drug-likeness (QED) is 0.606. The Balaban J connectivity index is 2.21. The van der Waals surface area contributed by atoms with Crippen LogP contribution in [0, 0.1) is 5.92 Å². The topological polar surface area (TPSA) is 63.3 Å². The summed E-state index contributed by atoms with van der Waals surface area (Å²) >= 11 is 0. The number of aldehydes is 1. The molecule has 3 nitrogen and oxygen atoms in total. The minimum atomic E-state index is -0.301. The van der Waals surface area contributed by atoms with Gasteiger partial charge in [0, 0.05) is 0 Å². The number of aliphatic hydroxyl groups is 1. The van der Waals surface area contributed by atoms with Crippen LogP contribution in [-0.2, 0) is 4.79 Å². The van der Waals surface area contributed by atoms with Crippen LogP contribution in [0.3, 0.4) is 0 Å². The lowest BCUT2D eigenvalue weighted by Crippen LogP contribution is -2.28. The molecule has 12 heavy (non-hydrogen) atoms. The van der Waals surface area contributed by atoms with Gasteiger partial charge >= 0.3 is 0 Å². The highest BCUT2D eigenvalue weighted by Crippen LogP contribution is 2.26. The molecule has 1 unspecified atom stereocenters. The van der Waals surface area contributed by atoms with Crippen molar-refractivity contribution in [3.8, 4) is 0 Å². The first-order chi connectivity index (χ1) is 5.72. The van der Waals surface area contributed by atoms with E-state index in [-0.39, 0.29) is 12.1 Å². The Kier molecular flexibility index (Phi) is 3.69. The Bertz CT molecular complexity index is 141. The lowest BCUT2D eigenvalue weighted by atomic mass is 9.84. The highest BCUT2D eigenvalue weighted by atomic mass is 16.3. The zero-order valence-electron chi connectivity index (χ0n) is 7.28. The molecule has 1 saturated carbocycles. The Morgan fingerprint density at radius 1 is 1.42 bits per heavy atom. The second-order valence-corrected chi connectivity index (χ2v) is 3.71. The molecule has 0 radical (unpaired) electrons. The molecule has 0 aromatic heterocycles. The van der Waals surface area contributed by atoms with Crippen molar-refractivity contribution in [3.63, 3.8) is 0 Å². The van der Waals surface area contributed by atoms with Gasteiger partial charge in [0.05, 0.1) is 12.1 Å². The summed E-state index contributed by atoms with van der Waals surface area (Å²) < 4.78 is 0. The molecular formula is C9H17NO2. The van der Waals surface area contributed by atoms with Crippen LogP contribution in [0.1, 0.15) is 32.1 Å². The molecule has 0 aromatic carbocycles. The van der Waals surface area contributed by atoms with Gasteiger partial charge in [-0.1, -0.05) is 0 Å². The summed E-state index contributed by atoms with van der Waals surface area (Å²) in [5, 5.41) is 9.22. The Morgan fingerprint density at radius 3 is 2.50 bits per heavy atom. The molecule has 1 rings (SSSR count). The number of carbonyl (C=O) groups is 1. The van der Waals surface area contributed by atoms with Gasteiger partial charge in [-0.2, -0.15) is 0 Å². The predicted octanol–water partition coefficient (Wildman–Crippen LogP) is 0.454. The fourth-order valence-corrected chi connectivity index (χ4v) is 1.82. The number of hydrogen-bond acceptors (Lipinski definition) is 3. The zero-order valence-corrected chi connectivity index (χ0v) is 7.28. The van der Waals surface area contributed by atoms with Gasteiger partial charge in [0.15, 0.2) is 0 Å². The van der Waals surface area contributed by atoms with Crippen LogP contribution in [0.4, 0.5) is 0 Å². The van der Waals surface area contributed by atoms with E-state index in [9.17, 15) is 9.90 Å². The van der Waals surface area contributed by atoms with Gasteiger partial charge < -0.3 is 15.6 Å². The molecule has 0 spiro atoms. The van der Waals surface area contributed by atoms with Crippen LogP contribution < -0.4 is 5.73 Å². The van der Waals surface area contributed by atoms with E-state index in [4.69, 9.17) is 5.73 Å². The number of hydrogen-bond donors (Lipinski definition) is 2. The van der Waals surface area contributed by atoms with Gasteiger partial charge in [-0.05, 0) is 38.0 Å². The maximum atomic E-state index is 10.3. The zero-order chi connectivity index (χ0) is 8.97. The second-order valence-electron chi connectivity index (χ2n) is 3.71. The Labute approximate surface area is 72.9 Å². The maximum Gasteiger partial charge on any atom is 0.136 e. The van der Waals surface area contributed by atoms with E-state index >= 15 is 0 Å². The SMILES string of the molecule is NC(C=O)CC1CCC(O)CC1. The van der Waals surface area contributed by atoms with Gasteiger partial charge in [0.1, 0.15) is 6.29 Å². The number of nitrogens with two attached hydrogens (primary N) is 1. The predicted molar refractivity (Wildman–Crippen MR) is 46.6 cm³/mol. The summed E-state index contributed by atoms with van der Waals surface area (Å²) in [5.41, 5.74) is 5.51. The van der Waals surface area contributed by atoms with Crippen LogP contribution >= 0.6 is 0 Å². The van der Waals surface area contributed by atoms with Crippen LogP contribution in [0.15, 0.2) is 0 Å². The molecule has 0 aliphatic heterocycles. The average Bonchev–Trinajstić information content (AvgIpc) is 2.09. The smallest absolute Gasteiger partial charge is 0.136 e. The fraction of sp³-hybridized carbons (Fsp3) is 0.889. The minimum Gasteiger partial charge on any atom is -0.393 e. The minimum absolute atomic E-state index is 0.117. The molecule has 1 fully saturated rings. The van der Waals surface area contributed by atoms with E-state index in [1.165, 1.54) is 0 Å². The first-order valence-corrected chi connectivity index (χ1v) is 4.61. The average molecular weight is 171 g/mol. The van der Waals surface area contributed by atoms with Crippen LogP contribution in [-0.4, -0.2) is 23.5 Å². The van der Waals surface area contributed by atoms with Gasteiger partial charge in [-0.3, -0.25) is 0 Å². The second kappa shape index (κ2) is 4.58. The lowest BCUT2D eigenvalue weighted by Gasteiger charge is -2.25. The van der Waals surface area contributed by atoms with Crippen LogP contribution in [0.25, 0.3) is 0 Å². The summed E-state index contributed by atoms with van der Waals surface area (Å²) in [5.74, 6) is 0.550. The molecule has 0 aromatic rings. The molecule has 70 valence electrons. The van der Waals surface area contributed by atoms with Crippen molar-refractivity contribution in [2.45, 2.75) is 44.2 Å². The fourth-order valence-electron chi connectivity index (χ4n) is 1.82. The van der Waals surface area contributed by atoms with Crippen molar-refractivity contribution < 1.29 is 9.90 Å². The normalized spacial score (nSPS) is 32.8. The first kappa shape index (κ1) is 9.68. The van der Waals surface area contributed by atoms with E-state index in [1.54, 1.807) is 0 Å². The standard InChI is InChI=1S/C9H17NO2/c10-8(6-11)5-7-1-3-9(12)4-2-7/h6-9,12H,1-5,10H2. The molecule has 1 aliphatic carbocycles. The van der Waals surface area contributed by atoms with E-state index in [0.29, 0.717) is 5.92 Å². The van der Waals surface area contributed by atoms with Crippen molar-refractivity contribution >= 4 is 6.29 Å². The molecular weight excluding hydrogens is 154 g/mol. The number of aliphatic hydroxyl groups excluding tert-OH is 1. The highest BCUT2D eigenvalue weighted by molar-refractivity contribution is 5.56. The van der Waals surface area contributed by atoms with E-state index in [0.717, 1.165) is 38.4 Å². The van der Waals surface area contributed by atoms with Crippen molar-refractivity contribution in [1.29, 1.82) is 0 Å². The van der Waals surface area contributed by atoms with Gasteiger partial charge in [-0.15, -0.1) is 0 Å². The van der Waals surface area contributed by atoms with Gasteiger partial charge in [0.25, 0.3) is 0 Å². The van der Waals surface area contributed by atoms with Crippen molar-refractivity contribution in [1.82, 2.24) is 0 Å². The third kappa shape index (κ3) is 2.91. The Morgan fingerprint density at radius 2 is 2.00 bits per heavy atom. The third-order valence-corrected chi connectivity index (χ3v) is 2.60. The summed E-state index contributed by atoms with van der Waals surface area (Å²) in [7, 11) is 0. The monoisotopic (exact) mass is 171 g/mol. The van der Waals surface area contributed by atoms with E-state index < -0.39 is 0 Å². The van der Waals surface area contributed by atoms with Crippen LogP contribution in [0.5, 0.6) is 0 Å². The highest BCUT2D eigenvalue weighted by Gasteiger charge is 2.20. The summed E-state index contributed by atoms with van der Waals surface area (Å²) in [4.78, 5) is 10.3. The van der Waals surface area contributed by atoms with Gasteiger partial charge in [0.2, 0.25) is 0 Å². The number of carbonyl (C=O) groups excluding carboxylic acids is 1. The molecule has 3 N–H and O–H groups in total. The molecule has 0 bridgehead atoms. The molecule has 0 amide bonds. The molecule has 1 aliphatic rings. The summed E-state index contributed by atoms with van der Waals surface area (Å²) in [6, 6.07) is -0.301. The molecule has 3 heteroatoms. The first-order valence-electron chi connectivity index (χ1n) is 4.61. The van der Waals surface area contributed by atoms with Crippen LogP contribution in [0.2, 0.25) is 0 Å². The lowest BCUT2D eigenvalue weighted by molar-refractivity contribution is -0.109. The molecule has 0 saturated heterocycles. The molecule has 0 heterocycles. The number of rotatable bonds is 3. The molecule has 1 atom stereocenters.